The molecule has 0 saturated carbocycles. The van der Waals surface area contributed by atoms with Crippen molar-refractivity contribution in [2.75, 3.05) is 40.0 Å². The van der Waals surface area contributed by atoms with Gasteiger partial charge in [0, 0.05) is 37.3 Å². The van der Waals surface area contributed by atoms with E-state index in [1.807, 2.05) is 24.3 Å². The number of nitrogens with one attached hydrogen (secondary N) is 1. The summed E-state index contributed by atoms with van der Waals surface area (Å²) in [5, 5.41) is 6.79. The molecule has 0 spiro atoms. The molecule has 1 fully saturated rings. The number of carbonyl (C=O) groups is 1. The average molecular weight is 345 g/mol. The third-order valence-corrected chi connectivity index (χ3v) is 4.34. The topological polar surface area (TPSA) is 76.8 Å². The molecule has 2 heterocycles. The van der Waals surface area contributed by atoms with Gasteiger partial charge in [0.05, 0.1) is 20.3 Å². The maximum absolute atomic E-state index is 12.3. The number of nitrogens with zero attached hydrogens (tertiary/aromatic N) is 2. The van der Waals surface area contributed by atoms with Gasteiger partial charge >= 0.3 is 0 Å². The van der Waals surface area contributed by atoms with E-state index >= 15 is 0 Å². The molecule has 0 unspecified atom stereocenters. The van der Waals surface area contributed by atoms with E-state index in [0.29, 0.717) is 12.3 Å². The summed E-state index contributed by atoms with van der Waals surface area (Å²) in [7, 11) is 1.61. The van der Waals surface area contributed by atoms with Gasteiger partial charge in [-0.25, -0.2) is 0 Å². The van der Waals surface area contributed by atoms with Crippen LogP contribution in [0, 0.1) is 0 Å². The van der Waals surface area contributed by atoms with Crippen LogP contribution < -0.4 is 10.1 Å². The largest absolute Gasteiger partial charge is 0.497 e. The molecule has 1 aromatic heterocycles. The van der Waals surface area contributed by atoms with Crippen LogP contribution in [0.15, 0.2) is 34.9 Å². The molecule has 0 bridgehead atoms. The zero-order valence-corrected chi connectivity index (χ0v) is 14.5. The molecular formula is C18H23N3O4. The number of methoxy groups -OCH3 is 1. The number of rotatable bonds is 6. The van der Waals surface area contributed by atoms with Crippen molar-refractivity contribution in [2.45, 2.75) is 13.0 Å². The van der Waals surface area contributed by atoms with E-state index in [1.165, 1.54) is 0 Å². The molecule has 1 N–H and O–H groups in total. The summed E-state index contributed by atoms with van der Waals surface area (Å²) in [5.41, 5.74) is 1.12. The Morgan fingerprint density at radius 3 is 2.72 bits per heavy atom. The second-order valence-corrected chi connectivity index (χ2v) is 6.01. The Morgan fingerprint density at radius 1 is 1.32 bits per heavy atom. The average Bonchev–Trinajstić information content (AvgIpc) is 3.17. The normalized spacial score (nSPS) is 16.4. The summed E-state index contributed by atoms with van der Waals surface area (Å²) in [6.07, 6.45) is 0. The molecule has 25 heavy (non-hydrogen) atoms. The first kappa shape index (κ1) is 17.4. The lowest BCUT2D eigenvalue weighted by molar-refractivity contribution is 0.0204. The third-order valence-electron chi connectivity index (χ3n) is 4.34. The predicted octanol–water partition coefficient (Wildman–Crippen LogP) is 1.80. The van der Waals surface area contributed by atoms with Crippen molar-refractivity contribution in [1.29, 1.82) is 0 Å². The van der Waals surface area contributed by atoms with Crippen molar-refractivity contribution in [3.63, 3.8) is 0 Å². The van der Waals surface area contributed by atoms with Crippen molar-refractivity contribution >= 4 is 5.91 Å². The fourth-order valence-electron chi connectivity index (χ4n) is 2.75. The quantitative estimate of drug-likeness (QED) is 0.860. The summed E-state index contributed by atoms with van der Waals surface area (Å²) < 4.78 is 15.8. The van der Waals surface area contributed by atoms with Gasteiger partial charge in [-0.1, -0.05) is 5.16 Å². The van der Waals surface area contributed by atoms with Crippen LogP contribution in [0.25, 0.3) is 11.3 Å². The second-order valence-electron chi connectivity index (χ2n) is 6.01. The van der Waals surface area contributed by atoms with Crippen molar-refractivity contribution in [3.8, 4) is 17.1 Å². The Labute approximate surface area is 146 Å². The standard InChI is InChI=1S/C18H23N3O4/c1-13(21-7-9-24-10-8-21)12-19-18(22)16-11-17(25-20-16)14-3-5-15(23-2)6-4-14/h3-6,11,13H,7-10,12H2,1-2H3,(H,19,22)/t13-/m0/s1. The summed E-state index contributed by atoms with van der Waals surface area (Å²) in [5.74, 6) is 1.08. The molecule has 3 rings (SSSR count). The number of aromatic nitrogens is 1. The van der Waals surface area contributed by atoms with Gasteiger partial charge < -0.3 is 19.3 Å². The van der Waals surface area contributed by atoms with Crippen LogP contribution in [-0.4, -0.2) is 62.0 Å². The van der Waals surface area contributed by atoms with E-state index in [4.69, 9.17) is 14.0 Å². The van der Waals surface area contributed by atoms with Gasteiger partial charge in [-0.15, -0.1) is 0 Å². The van der Waals surface area contributed by atoms with E-state index in [9.17, 15) is 4.79 Å². The summed E-state index contributed by atoms with van der Waals surface area (Å²) in [6.45, 7) is 5.92. The number of benzene rings is 1. The molecule has 134 valence electrons. The van der Waals surface area contributed by atoms with Gasteiger partial charge in [-0.2, -0.15) is 0 Å². The van der Waals surface area contributed by atoms with Crippen molar-refractivity contribution in [3.05, 3.63) is 36.0 Å². The summed E-state index contributed by atoms with van der Waals surface area (Å²) in [6, 6.07) is 9.30. The minimum atomic E-state index is -0.233. The second kappa shape index (κ2) is 8.13. The molecule has 1 aliphatic heterocycles. The van der Waals surface area contributed by atoms with Crippen molar-refractivity contribution in [2.24, 2.45) is 0 Å². The highest BCUT2D eigenvalue weighted by molar-refractivity contribution is 5.93. The van der Waals surface area contributed by atoms with Gasteiger partial charge in [0.15, 0.2) is 11.5 Å². The number of morpholine rings is 1. The van der Waals surface area contributed by atoms with E-state index in [-0.39, 0.29) is 17.6 Å². The molecule has 2 aromatic rings. The van der Waals surface area contributed by atoms with Crippen LogP contribution in [0.2, 0.25) is 0 Å². The lowest BCUT2D eigenvalue weighted by atomic mass is 10.1. The van der Waals surface area contributed by atoms with Gasteiger partial charge in [0.25, 0.3) is 5.91 Å². The first-order valence-corrected chi connectivity index (χ1v) is 8.38. The first-order valence-electron chi connectivity index (χ1n) is 8.38. The Balaban J connectivity index is 1.56. The molecule has 1 saturated heterocycles. The maximum Gasteiger partial charge on any atom is 0.273 e. The van der Waals surface area contributed by atoms with E-state index < -0.39 is 0 Å². The highest BCUT2D eigenvalue weighted by Crippen LogP contribution is 2.23. The monoisotopic (exact) mass is 345 g/mol. The maximum atomic E-state index is 12.3. The Bertz CT molecular complexity index is 693. The highest BCUT2D eigenvalue weighted by Gasteiger charge is 2.19. The fraction of sp³-hybridized carbons (Fsp3) is 0.444. The molecule has 7 nitrogen and oxygen atoms in total. The molecule has 1 amide bonds. The molecule has 0 radical (unpaired) electrons. The minimum absolute atomic E-state index is 0.233. The predicted molar refractivity (Wildman–Crippen MR) is 92.7 cm³/mol. The molecule has 1 aliphatic rings. The molecule has 1 atom stereocenters. The van der Waals surface area contributed by atoms with E-state index in [0.717, 1.165) is 37.6 Å². The minimum Gasteiger partial charge on any atom is -0.497 e. The zero-order chi connectivity index (χ0) is 17.6. The number of carbonyl (C=O) groups excluding carboxylic acids is 1. The van der Waals surface area contributed by atoms with E-state index in [2.05, 4.69) is 22.3 Å². The summed E-state index contributed by atoms with van der Waals surface area (Å²) in [4.78, 5) is 14.6. The molecular weight excluding hydrogens is 322 g/mol. The van der Waals surface area contributed by atoms with Gasteiger partial charge in [0.2, 0.25) is 0 Å². The van der Waals surface area contributed by atoms with Crippen LogP contribution in [0.5, 0.6) is 5.75 Å². The Hall–Kier alpha value is -2.38. The Morgan fingerprint density at radius 2 is 2.04 bits per heavy atom. The zero-order valence-electron chi connectivity index (χ0n) is 14.5. The fourth-order valence-corrected chi connectivity index (χ4v) is 2.75. The molecule has 1 aromatic carbocycles. The van der Waals surface area contributed by atoms with Crippen LogP contribution >= 0.6 is 0 Å². The SMILES string of the molecule is COc1ccc(-c2cc(C(=O)NC[C@H](C)N3CCOCC3)no2)cc1. The lowest BCUT2D eigenvalue weighted by Crippen LogP contribution is -2.47. The third kappa shape index (κ3) is 4.37. The van der Waals surface area contributed by atoms with Gasteiger partial charge in [0.1, 0.15) is 5.75 Å². The smallest absolute Gasteiger partial charge is 0.273 e. The lowest BCUT2D eigenvalue weighted by Gasteiger charge is -2.32. The van der Waals surface area contributed by atoms with Crippen LogP contribution in [0.3, 0.4) is 0 Å². The van der Waals surface area contributed by atoms with Crippen molar-refractivity contribution in [1.82, 2.24) is 15.4 Å². The van der Waals surface area contributed by atoms with Gasteiger partial charge in [-0.3, -0.25) is 9.69 Å². The molecule has 0 aliphatic carbocycles. The van der Waals surface area contributed by atoms with Crippen molar-refractivity contribution < 1.29 is 18.8 Å². The number of ether oxygens (including phenoxy) is 2. The van der Waals surface area contributed by atoms with Gasteiger partial charge in [-0.05, 0) is 31.2 Å². The van der Waals surface area contributed by atoms with E-state index in [1.54, 1.807) is 13.2 Å². The number of hydrogen-bond donors (Lipinski definition) is 1. The van der Waals surface area contributed by atoms with Crippen LogP contribution in [0.4, 0.5) is 0 Å². The number of amides is 1. The molecule has 7 heteroatoms. The number of hydrogen-bond acceptors (Lipinski definition) is 6. The van der Waals surface area contributed by atoms with Crippen LogP contribution in [0.1, 0.15) is 17.4 Å². The highest BCUT2D eigenvalue weighted by atomic mass is 16.5. The Kier molecular flexibility index (Phi) is 5.67. The first-order chi connectivity index (χ1) is 12.2. The van der Waals surface area contributed by atoms with Crippen LogP contribution in [-0.2, 0) is 4.74 Å². The summed E-state index contributed by atoms with van der Waals surface area (Å²) >= 11 is 0.